The lowest BCUT2D eigenvalue weighted by atomic mass is 10.0. The van der Waals surface area contributed by atoms with E-state index in [1.54, 1.807) is 0 Å². The summed E-state index contributed by atoms with van der Waals surface area (Å²) in [6, 6.07) is 21.8. The Morgan fingerprint density at radius 1 is 0.365 bits per heavy atom. The molecule has 0 fully saturated rings. The fraction of sp³-hybridized carbons (Fsp3) is 0.755. The number of aliphatic hydroxyl groups is 1. The van der Waals surface area contributed by atoms with Gasteiger partial charge in [0.15, 0.2) is 0 Å². The molecule has 3 heteroatoms. The molecule has 2 aromatic carbocycles. The van der Waals surface area contributed by atoms with Gasteiger partial charge in [-0.3, -0.25) is 9.80 Å². The number of unbranched alkanes of at least 4 members (excludes halogenated alkanes) is 26. The molecule has 0 radical (unpaired) electrons. The molecular weight excluding hydrogens is 633 g/mol. The van der Waals surface area contributed by atoms with Crippen molar-refractivity contribution < 1.29 is 5.11 Å². The van der Waals surface area contributed by atoms with Crippen molar-refractivity contribution in [1.29, 1.82) is 0 Å². The third-order valence-corrected chi connectivity index (χ3v) is 11.1. The monoisotopic (exact) mass is 719 g/mol. The molecule has 1 N–H and O–H groups in total. The Balaban J connectivity index is 1.69. The smallest absolute Gasteiger partial charge is 0.0794 e. The van der Waals surface area contributed by atoms with Crippen molar-refractivity contribution in [3.63, 3.8) is 0 Å². The van der Waals surface area contributed by atoms with Crippen molar-refractivity contribution in [1.82, 2.24) is 9.80 Å². The van der Waals surface area contributed by atoms with E-state index in [1.807, 2.05) is 0 Å². The molecule has 0 heterocycles. The van der Waals surface area contributed by atoms with E-state index in [-0.39, 0.29) is 6.10 Å². The first-order chi connectivity index (χ1) is 25.7. The highest BCUT2D eigenvalue weighted by atomic mass is 16.3. The van der Waals surface area contributed by atoms with Gasteiger partial charge in [-0.15, -0.1) is 0 Å². The van der Waals surface area contributed by atoms with Crippen molar-refractivity contribution in [3.8, 4) is 0 Å². The van der Waals surface area contributed by atoms with Crippen molar-refractivity contribution >= 4 is 0 Å². The Labute approximate surface area is 324 Å². The van der Waals surface area contributed by atoms with Gasteiger partial charge in [0.05, 0.1) is 6.10 Å². The van der Waals surface area contributed by atoms with Gasteiger partial charge in [-0.1, -0.05) is 241 Å². The van der Waals surface area contributed by atoms with Gasteiger partial charge in [-0.05, 0) is 37.1 Å². The van der Waals surface area contributed by atoms with Gasteiger partial charge in [0, 0.05) is 26.2 Å². The van der Waals surface area contributed by atoms with E-state index < -0.39 is 0 Å². The summed E-state index contributed by atoms with van der Waals surface area (Å²) in [6.07, 6.45) is 38.6. The highest BCUT2D eigenvalue weighted by molar-refractivity contribution is 5.15. The van der Waals surface area contributed by atoms with E-state index in [2.05, 4.69) is 84.3 Å². The van der Waals surface area contributed by atoms with E-state index in [1.165, 1.54) is 191 Å². The Morgan fingerprint density at radius 3 is 0.885 bits per heavy atom. The van der Waals surface area contributed by atoms with Gasteiger partial charge in [0.1, 0.15) is 0 Å². The van der Waals surface area contributed by atoms with Crippen LogP contribution in [-0.4, -0.2) is 47.2 Å². The normalized spacial score (nSPS) is 11.8. The fourth-order valence-corrected chi connectivity index (χ4v) is 7.87. The first kappa shape index (κ1) is 46.5. The Bertz CT molecular complexity index is 902. The van der Waals surface area contributed by atoms with Gasteiger partial charge in [0.25, 0.3) is 0 Å². The zero-order chi connectivity index (χ0) is 37.0. The molecule has 52 heavy (non-hydrogen) atoms. The van der Waals surface area contributed by atoms with Crippen molar-refractivity contribution in [2.45, 2.75) is 213 Å². The van der Waals surface area contributed by atoms with Crippen LogP contribution in [0.15, 0.2) is 60.7 Å². The second kappa shape index (κ2) is 35.0. The summed E-state index contributed by atoms with van der Waals surface area (Å²) in [6.45, 7) is 10.1. The molecule has 0 amide bonds. The lowest BCUT2D eigenvalue weighted by molar-refractivity contribution is 0.0670. The molecule has 0 aliphatic heterocycles. The molecule has 3 nitrogen and oxygen atoms in total. The number of aliphatic hydroxyl groups excluding tert-OH is 1. The minimum absolute atomic E-state index is 0.342. The predicted octanol–water partition coefficient (Wildman–Crippen LogP) is 14.3. The number of benzene rings is 2. The molecule has 0 unspecified atom stereocenters. The molecule has 0 saturated heterocycles. The standard InChI is InChI=1S/C49H86N2O/c1-3-5-7-9-11-13-15-17-19-21-23-25-27-35-41-50(43-47-37-31-29-32-38-47)45-49(52)46-51(44-48-39-33-30-34-40-48)42-36-28-26-24-22-20-18-16-14-12-10-8-6-4-2/h29-34,37-40,49,52H,3-28,35-36,41-46H2,1-2H3. The summed E-state index contributed by atoms with van der Waals surface area (Å²) in [4.78, 5) is 5.04. The second-order valence-corrected chi connectivity index (χ2v) is 16.3. The third kappa shape index (κ3) is 27.9. The maximum Gasteiger partial charge on any atom is 0.0794 e. The topological polar surface area (TPSA) is 26.7 Å². The number of rotatable bonds is 38. The lowest BCUT2D eigenvalue weighted by Gasteiger charge is -2.29. The molecule has 2 rings (SSSR count). The Kier molecular flexibility index (Phi) is 31.3. The molecule has 2 aromatic rings. The van der Waals surface area contributed by atoms with Gasteiger partial charge >= 0.3 is 0 Å². The predicted molar refractivity (Wildman–Crippen MR) is 230 cm³/mol. The van der Waals surface area contributed by atoms with Crippen LogP contribution in [0.4, 0.5) is 0 Å². The van der Waals surface area contributed by atoms with Gasteiger partial charge < -0.3 is 5.11 Å². The molecule has 0 aromatic heterocycles. The zero-order valence-corrected chi connectivity index (χ0v) is 34.7. The number of hydrogen-bond donors (Lipinski definition) is 1. The van der Waals surface area contributed by atoms with Crippen LogP contribution in [0, 0.1) is 0 Å². The molecule has 0 bridgehead atoms. The second-order valence-electron chi connectivity index (χ2n) is 16.3. The molecule has 0 spiro atoms. The van der Waals surface area contributed by atoms with Crippen LogP contribution in [0.5, 0.6) is 0 Å². The van der Waals surface area contributed by atoms with Gasteiger partial charge in [-0.2, -0.15) is 0 Å². The summed E-state index contributed by atoms with van der Waals surface area (Å²) in [5.74, 6) is 0. The molecule has 298 valence electrons. The minimum atomic E-state index is -0.342. The Hall–Kier alpha value is -1.68. The van der Waals surface area contributed by atoms with Crippen LogP contribution >= 0.6 is 0 Å². The fourth-order valence-electron chi connectivity index (χ4n) is 7.87. The van der Waals surface area contributed by atoms with Gasteiger partial charge in [0.2, 0.25) is 0 Å². The van der Waals surface area contributed by atoms with E-state index in [9.17, 15) is 5.11 Å². The molecule has 0 atom stereocenters. The first-order valence-electron chi connectivity index (χ1n) is 22.9. The van der Waals surface area contributed by atoms with Crippen LogP contribution in [0.25, 0.3) is 0 Å². The summed E-state index contributed by atoms with van der Waals surface area (Å²) in [5.41, 5.74) is 2.70. The quantitative estimate of drug-likeness (QED) is 0.0700. The third-order valence-electron chi connectivity index (χ3n) is 11.1. The summed E-state index contributed by atoms with van der Waals surface area (Å²) in [5, 5.41) is 11.5. The first-order valence-corrected chi connectivity index (χ1v) is 22.9. The average Bonchev–Trinajstić information content (AvgIpc) is 3.15. The lowest BCUT2D eigenvalue weighted by Crippen LogP contribution is -2.40. The van der Waals surface area contributed by atoms with Crippen LogP contribution in [0.3, 0.4) is 0 Å². The van der Waals surface area contributed by atoms with Crippen LogP contribution < -0.4 is 0 Å². The summed E-state index contributed by atoms with van der Waals surface area (Å²) < 4.78 is 0. The van der Waals surface area contributed by atoms with Crippen molar-refractivity contribution in [2.24, 2.45) is 0 Å². The van der Waals surface area contributed by atoms with Crippen molar-refractivity contribution in [2.75, 3.05) is 26.2 Å². The molecule has 0 saturated carbocycles. The SMILES string of the molecule is CCCCCCCCCCCCCCCCN(Cc1ccccc1)CC(O)CN(CCCCCCCCCCCCCCCC)Cc1ccccc1. The Morgan fingerprint density at radius 2 is 0.615 bits per heavy atom. The van der Waals surface area contributed by atoms with Crippen LogP contribution in [-0.2, 0) is 13.1 Å². The molecular formula is C49H86N2O. The average molecular weight is 719 g/mol. The summed E-state index contributed by atoms with van der Waals surface area (Å²) in [7, 11) is 0. The van der Waals surface area contributed by atoms with E-state index in [0.29, 0.717) is 0 Å². The number of nitrogens with zero attached hydrogens (tertiary/aromatic N) is 2. The minimum Gasteiger partial charge on any atom is -0.390 e. The largest absolute Gasteiger partial charge is 0.390 e. The molecule has 0 aliphatic carbocycles. The highest BCUT2D eigenvalue weighted by Crippen LogP contribution is 2.16. The zero-order valence-electron chi connectivity index (χ0n) is 34.7. The number of hydrogen-bond acceptors (Lipinski definition) is 3. The van der Waals surface area contributed by atoms with E-state index in [0.717, 1.165) is 39.3 Å². The van der Waals surface area contributed by atoms with E-state index >= 15 is 0 Å². The maximum absolute atomic E-state index is 11.5. The summed E-state index contributed by atoms with van der Waals surface area (Å²) >= 11 is 0. The van der Waals surface area contributed by atoms with Crippen LogP contribution in [0.2, 0.25) is 0 Å². The highest BCUT2D eigenvalue weighted by Gasteiger charge is 2.17. The van der Waals surface area contributed by atoms with E-state index in [4.69, 9.17) is 0 Å². The van der Waals surface area contributed by atoms with Crippen LogP contribution in [0.1, 0.15) is 205 Å². The maximum atomic E-state index is 11.5. The molecule has 0 aliphatic rings. The van der Waals surface area contributed by atoms with Crippen molar-refractivity contribution in [3.05, 3.63) is 71.8 Å². The van der Waals surface area contributed by atoms with Gasteiger partial charge in [-0.25, -0.2) is 0 Å².